The van der Waals surface area contributed by atoms with Crippen LogP contribution in [0.4, 0.5) is 4.39 Å². The van der Waals surface area contributed by atoms with Crippen LogP contribution in [-0.4, -0.2) is 29.3 Å². The summed E-state index contributed by atoms with van der Waals surface area (Å²) in [5, 5.41) is 7.62. The fourth-order valence-electron chi connectivity index (χ4n) is 1.36. The maximum absolute atomic E-state index is 13.0. The number of aromatic nitrogens is 2. The molecule has 21 heavy (non-hydrogen) atoms. The van der Waals surface area contributed by atoms with E-state index in [9.17, 15) is 9.18 Å². The summed E-state index contributed by atoms with van der Waals surface area (Å²) in [7, 11) is 0. The lowest BCUT2D eigenvalue weighted by Crippen LogP contribution is -2.10. The van der Waals surface area contributed by atoms with Gasteiger partial charge in [-0.15, -0.1) is 5.10 Å². The molecule has 0 saturated heterocycles. The average molecular weight is 376 g/mol. The molecule has 2 aromatic rings. The molecule has 0 aliphatic carbocycles. The molecule has 2 rings (SSSR count). The molecule has 0 unspecified atom stereocenters. The molecule has 0 saturated carbocycles. The number of nitrogens with zero attached hydrogens (tertiary/aromatic N) is 2. The minimum atomic E-state index is -0.637. The highest BCUT2D eigenvalue weighted by Crippen LogP contribution is 2.25. The molecule has 1 amide bonds. The summed E-state index contributed by atoms with van der Waals surface area (Å²) in [5.41, 5.74) is 5.05. The Hall–Kier alpha value is -1.74. The van der Waals surface area contributed by atoms with E-state index in [1.807, 2.05) is 0 Å². The lowest BCUT2D eigenvalue weighted by Gasteiger charge is -2.08. The lowest BCUT2D eigenvalue weighted by molar-refractivity contribution is 0.0999. The summed E-state index contributed by atoms with van der Waals surface area (Å²) in [5.74, 6) is -0.569. The first kappa shape index (κ1) is 15.6. The zero-order chi connectivity index (χ0) is 15.2. The van der Waals surface area contributed by atoms with Gasteiger partial charge >= 0.3 is 0 Å². The van der Waals surface area contributed by atoms with E-state index in [1.165, 1.54) is 12.1 Å². The first-order valence-corrected chi connectivity index (χ1v) is 7.51. The van der Waals surface area contributed by atoms with Gasteiger partial charge in [0.25, 0.3) is 11.1 Å². The van der Waals surface area contributed by atoms with Gasteiger partial charge in [0, 0.05) is 12.5 Å². The van der Waals surface area contributed by atoms with Crippen LogP contribution < -0.4 is 15.2 Å². The van der Waals surface area contributed by atoms with Crippen molar-refractivity contribution in [3.8, 4) is 10.9 Å². The molecule has 0 atom stereocenters. The van der Waals surface area contributed by atoms with Gasteiger partial charge in [0.2, 0.25) is 5.01 Å². The number of halogens is 2. The van der Waals surface area contributed by atoms with Crippen molar-refractivity contribution in [2.24, 2.45) is 5.73 Å². The van der Waals surface area contributed by atoms with E-state index in [2.05, 4.69) is 26.1 Å². The minimum absolute atomic E-state index is 0.102. The topological polar surface area (TPSA) is 87.3 Å². The van der Waals surface area contributed by atoms with E-state index in [0.29, 0.717) is 29.9 Å². The third kappa shape index (κ3) is 4.64. The predicted molar refractivity (Wildman–Crippen MR) is 78.1 cm³/mol. The number of hydrogen-bond donors (Lipinski definition) is 1. The molecule has 6 nitrogen and oxygen atoms in total. The van der Waals surface area contributed by atoms with Crippen molar-refractivity contribution in [3.05, 3.63) is 33.5 Å². The Balaban J connectivity index is 1.72. The summed E-state index contributed by atoms with van der Waals surface area (Å²) in [6.45, 7) is 0.684. The summed E-state index contributed by atoms with van der Waals surface area (Å²) >= 11 is 4.25. The zero-order valence-corrected chi connectivity index (χ0v) is 13.1. The van der Waals surface area contributed by atoms with Crippen molar-refractivity contribution < 1.29 is 18.7 Å². The minimum Gasteiger partial charge on any atom is -0.492 e. The Morgan fingerprint density at radius 2 is 2.10 bits per heavy atom. The van der Waals surface area contributed by atoms with Gasteiger partial charge in [0.15, 0.2) is 0 Å². The number of hydrogen-bond acceptors (Lipinski definition) is 6. The van der Waals surface area contributed by atoms with Crippen LogP contribution in [0.3, 0.4) is 0 Å². The smallest absolute Gasteiger partial charge is 0.294 e. The van der Waals surface area contributed by atoms with Gasteiger partial charge in [-0.3, -0.25) is 4.79 Å². The first-order chi connectivity index (χ1) is 10.1. The second-order valence-electron chi connectivity index (χ2n) is 3.86. The lowest BCUT2D eigenvalue weighted by atomic mass is 10.3. The van der Waals surface area contributed by atoms with Crippen molar-refractivity contribution in [1.82, 2.24) is 10.2 Å². The molecule has 9 heteroatoms. The quantitative estimate of drug-likeness (QED) is 0.750. The third-order valence-corrected chi connectivity index (χ3v) is 3.79. The molecule has 0 bridgehead atoms. The number of rotatable bonds is 7. The summed E-state index contributed by atoms with van der Waals surface area (Å²) in [4.78, 5) is 10.8. The second kappa shape index (κ2) is 7.32. The summed E-state index contributed by atoms with van der Waals surface area (Å²) in [6.07, 6.45) is 0.564. The number of amides is 1. The van der Waals surface area contributed by atoms with Crippen LogP contribution in [-0.2, 0) is 0 Å². The molecule has 1 aromatic carbocycles. The monoisotopic (exact) mass is 375 g/mol. The average Bonchev–Trinajstić information content (AvgIpc) is 2.91. The highest BCUT2D eigenvalue weighted by Gasteiger charge is 2.09. The fraction of sp³-hybridized carbons (Fsp3) is 0.250. The van der Waals surface area contributed by atoms with Crippen molar-refractivity contribution >= 4 is 33.2 Å². The second-order valence-corrected chi connectivity index (χ2v) is 5.66. The van der Waals surface area contributed by atoms with E-state index < -0.39 is 5.91 Å². The SMILES string of the molecule is NC(=O)c1nnc(OCCCOc2cc(F)ccc2Br)s1. The normalized spacial score (nSPS) is 10.4. The van der Waals surface area contributed by atoms with Crippen molar-refractivity contribution in [2.45, 2.75) is 6.42 Å². The van der Waals surface area contributed by atoms with Gasteiger partial charge in [-0.25, -0.2) is 4.39 Å². The standard InChI is InChI=1S/C12H11BrFN3O3S/c13-8-3-2-7(14)6-9(8)19-4-1-5-20-12-17-16-11(21-12)10(15)18/h2-3,6H,1,4-5H2,(H2,15,18). The molecule has 2 N–H and O–H groups in total. The maximum Gasteiger partial charge on any atom is 0.294 e. The Kier molecular flexibility index (Phi) is 5.45. The molecular weight excluding hydrogens is 365 g/mol. The zero-order valence-electron chi connectivity index (χ0n) is 10.7. The first-order valence-electron chi connectivity index (χ1n) is 5.90. The van der Waals surface area contributed by atoms with Crippen molar-refractivity contribution in [3.63, 3.8) is 0 Å². The van der Waals surface area contributed by atoms with E-state index in [-0.39, 0.29) is 16.0 Å². The fourth-order valence-corrected chi connectivity index (χ4v) is 2.29. The molecule has 1 aromatic heterocycles. The molecule has 0 aliphatic rings. The number of carbonyl (C=O) groups excluding carboxylic acids is 1. The molecular formula is C12H11BrFN3O3S. The van der Waals surface area contributed by atoms with Gasteiger partial charge in [0.05, 0.1) is 17.7 Å². The predicted octanol–water partition coefficient (Wildman–Crippen LogP) is 2.39. The van der Waals surface area contributed by atoms with Crippen LogP contribution in [0.5, 0.6) is 10.9 Å². The van der Waals surface area contributed by atoms with Gasteiger partial charge in [-0.2, -0.15) is 0 Å². The van der Waals surface area contributed by atoms with Crippen LogP contribution in [0.25, 0.3) is 0 Å². The van der Waals surface area contributed by atoms with Gasteiger partial charge in [0.1, 0.15) is 11.6 Å². The summed E-state index contributed by atoms with van der Waals surface area (Å²) < 4.78 is 24.4. The Bertz CT molecular complexity index is 638. The van der Waals surface area contributed by atoms with E-state index in [0.717, 1.165) is 11.3 Å². The number of primary amides is 1. The van der Waals surface area contributed by atoms with Crippen LogP contribution in [0.1, 0.15) is 16.2 Å². The molecule has 0 fully saturated rings. The van der Waals surface area contributed by atoms with Crippen LogP contribution in [0.15, 0.2) is 22.7 Å². The van der Waals surface area contributed by atoms with Gasteiger partial charge in [-0.05, 0) is 39.4 Å². The molecule has 112 valence electrons. The van der Waals surface area contributed by atoms with E-state index in [1.54, 1.807) is 6.07 Å². The van der Waals surface area contributed by atoms with Crippen molar-refractivity contribution in [1.29, 1.82) is 0 Å². The Morgan fingerprint density at radius 1 is 1.33 bits per heavy atom. The van der Waals surface area contributed by atoms with Crippen LogP contribution >= 0.6 is 27.3 Å². The van der Waals surface area contributed by atoms with Gasteiger partial charge in [-0.1, -0.05) is 5.10 Å². The highest BCUT2D eigenvalue weighted by molar-refractivity contribution is 9.10. The van der Waals surface area contributed by atoms with Gasteiger partial charge < -0.3 is 15.2 Å². The third-order valence-electron chi connectivity index (χ3n) is 2.28. The maximum atomic E-state index is 13.0. The highest BCUT2D eigenvalue weighted by atomic mass is 79.9. The number of benzene rings is 1. The van der Waals surface area contributed by atoms with Crippen LogP contribution in [0, 0.1) is 5.82 Å². The molecule has 0 radical (unpaired) electrons. The number of ether oxygens (including phenoxy) is 2. The molecule has 0 aliphatic heterocycles. The summed E-state index contributed by atoms with van der Waals surface area (Å²) in [6, 6.07) is 4.22. The van der Waals surface area contributed by atoms with Crippen LogP contribution in [0.2, 0.25) is 0 Å². The Labute approximate surface area is 132 Å². The van der Waals surface area contributed by atoms with E-state index in [4.69, 9.17) is 15.2 Å². The molecule has 0 spiro atoms. The van der Waals surface area contributed by atoms with E-state index >= 15 is 0 Å². The molecule has 1 heterocycles. The Morgan fingerprint density at radius 3 is 2.81 bits per heavy atom. The van der Waals surface area contributed by atoms with Crippen molar-refractivity contribution in [2.75, 3.05) is 13.2 Å². The number of nitrogens with two attached hydrogens (primary N) is 1. The largest absolute Gasteiger partial charge is 0.492 e. The number of carbonyl (C=O) groups is 1.